The summed E-state index contributed by atoms with van der Waals surface area (Å²) in [5, 5.41) is 0. The molecule has 0 N–H and O–H groups in total. The van der Waals surface area contributed by atoms with Crippen molar-refractivity contribution in [1.82, 2.24) is 14.3 Å². The molecule has 0 saturated carbocycles. The summed E-state index contributed by atoms with van der Waals surface area (Å²) in [4.78, 5) is 30.5. The lowest BCUT2D eigenvalue weighted by Crippen LogP contribution is -2.31. The minimum Gasteiger partial charge on any atom is -0.493 e. The highest BCUT2D eigenvalue weighted by atomic mass is 16.5. The number of nitrogens with zero attached hydrogens (tertiary/aromatic N) is 3. The first-order valence-electron chi connectivity index (χ1n) is 7.65. The molecule has 1 aromatic carbocycles. The van der Waals surface area contributed by atoms with Gasteiger partial charge >= 0.3 is 0 Å². The number of imide groups is 1. The highest BCUT2D eigenvalue weighted by molar-refractivity contribution is 6.21. The molecule has 24 heavy (non-hydrogen) atoms. The molecule has 120 valence electrons. The SMILES string of the molecule is COc1cccn2cc(CCN3C(=O)c4ccccc4C3=O)nc12. The van der Waals surface area contributed by atoms with Crippen LogP contribution in [0.3, 0.4) is 0 Å². The number of rotatable bonds is 4. The molecular weight excluding hydrogens is 306 g/mol. The van der Waals surface area contributed by atoms with Crippen LogP contribution >= 0.6 is 0 Å². The van der Waals surface area contributed by atoms with Crippen molar-refractivity contribution in [2.24, 2.45) is 0 Å². The van der Waals surface area contributed by atoms with Crippen LogP contribution in [-0.4, -0.2) is 39.8 Å². The highest BCUT2D eigenvalue weighted by Gasteiger charge is 2.34. The van der Waals surface area contributed by atoms with E-state index in [1.165, 1.54) is 4.90 Å². The van der Waals surface area contributed by atoms with Gasteiger partial charge in [-0.2, -0.15) is 0 Å². The van der Waals surface area contributed by atoms with E-state index in [1.54, 1.807) is 31.4 Å². The second-order valence-electron chi connectivity index (χ2n) is 5.60. The predicted molar refractivity (Wildman–Crippen MR) is 87.3 cm³/mol. The Hall–Kier alpha value is -3.15. The zero-order chi connectivity index (χ0) is 16.7. The Morgan fingerprint density at radius 2 is 1.75 bits per heavy atom. The summed E-state index contributed by atoms with van der Waals surface area (Å²) in [6, 6.07) is 10.6. The van der Waals surface area contributed by atoms with E-state index in [4.69, 9.17) is 4.74 Å². The molecule has 3 aromatic rings. The van der Waals surface area contributed by atoms with Crippen molar-refractivity contribution in [3.63, 3.8) is 0 Å². The van der Waals surface area contributed by atoms with Gasteiger partial charge in [-0.15, -0.1) is 0 Å². The van der Waals surface area contributed by atoms with Crippen molar-refractivity contribution in [2.75, 3.05) is 13.7 Å². The summed E-state index contributed by atoms with van der Waals surface area (Å²) in [5.74, 6) is 0.207. The maximum Gasteiger partial charge on any atom is 0.261 e. The number of imidazole rings is 1. The third-order valence-corrected chi connectivity index (χ3v) is 4.19. The smallest absolute Gasteiger partial charge is 0.261 e. The lowest BCUT2D eigenvalue weighted by Gasteiger charge is -2.12. The molecule has 2 aromatic heterocycles. The van der Waals surface area contributed by atoms with Gasteiger partial charge in [0.1, 0.15) is 0 Å². The van der Waals surface area contributed by atoms with Crippen molar-refractivity contribution in [3.05, 3.63) is 65.6 Å². The molecule has 1 aliphatic heterocycles. The van der Waals surface area contributed by atoms with Gasteiger partial charge in [-0.3, -0.25) is 14.5 Å². The standard InChI is InChI=1S/C18H15N3O3/c1-24-15-7-4-9-20-11-12(19-16(15)20)8-10-21-17(22)13-5-2-3-6-14(13)18(21)23/h2-7,9,11H,8,10H2,1H3. The fourth-order valence-electron chi connectivity index (χ4n) is 2.99. The molecule has 4 rings (SSSR count). The zero-order valence-electron chi connectivity index (χ0n) is 13.1. The maximum atomic E-state index is 12.4. The Morgan fingerprint density at radius 1 is 1.04 bits per heavy atom. The van der Waals surface area contributed by atoms with Gasteiger partial charge in [0.05, 0.1) is 23.9 Å². The third kappa shape index (κ3) is 2.15. The van der Waals surface area contributed by atoms with E-state index in [1.807, 2.05) is 28.9 Å². The highest BCUT2D eigenvalue weighted by Crippen LogP contribution is 2.23. The van der Waals surface area contributed by atoms with Crippen molar-refractivity contribution in [1.29, 1.82) is 0 Å². The van der Waals surface area contributed by atoms with Crippen molar-refractivity contribution in [3.8, 4) is 5.75 Å². The number of fused-ring (bicyclic) bond motifs is 2. The molecule has 0 unspecified atom stereocenters. The van der Waals surface area contributed by atoms with Gasteiger partial charge in [-0.25, -0.2) is 4.98 Å². The van der Waals surface area contributed by atoms with E-state index in [2.05, 4.69) is 4.98 Å². The summed E-state index contributed by atoms with van der Waals surface area (Å²) < 4.78 is 7.16. The van der Waals surface area contributed by atoms with E-state index < -0.39 is 0 Å². The maximum absolute atomic E-state index is 12.4. The number of methoxy groups -OCH3 is 1. The first-order valence-corrected chi connectivity index (χ1v) is 7.65. The van der Waals surface area contributed by atoms with E-state index in [9.17, 15) is 9.59 Å². The number of benzene rings is 1. The molecule has 0 spiro atoms. The number of carbonyl (C=O) groups excluding carboxylic acids is 2. The summed E-state index contributed by atoms with van der Waals surface area (Å²) in [5.41, 5.74) is 2.46. The molecule has 0 bridgehead atoms. The Labute approximate surface area is 138 Å². The lowest BCUT2D eigenvalue weighted by molar-refractivity contribution is 0.0656. The molecule has 0 radical (unpaired) electrons. The van der Waals surface area contributed by atoms with Gasteiger partial charge in [0.2, 0.25) is 0 Å². The first-order chi connectivity index (χ1) is 11.7. The first kappa shape index (κ1) is 14.4. The van der Waals surface area contributed by atoms with Crippen LogP contribution in [0.25, 0.3) is 5.65 Å². The van der Waals surface area contributed by atoms with Crippen LogP contribution in [0.15, 0.2) is 48.8 Å². The molecule has 6 heteroatoms. The van der Waals surface area contributed by atoms with Crippen LogP contribution in [0.5, 0.6) is 5.75 Å². The van der Waals surface area contributed by atoms with E-state index >= 15 is 0 Å². The van der Waals surface area contributed by atoms with Crippen molar-refractivity contribution < 1.29 is 14.3 Å². The van der Waals surface area contributed by atoms with Crippen LogP contribution in [0.2, 0.25) is 0 Å². The van der Waals surface area contributed by atoms with E-state index in [0.717, 1.165) is 11.3 Å². The quantitative estimate of drug-likeness (QED) is 0.691. The van der Waals surface area contributed by atoms with Crippen LogP contribution in [0, 0.1) is 0 Å². The van der Waals surface area contributed by atoms with Crippen LogP contribution in [0.1, 0.15) is 26.4 Å². The summed E-state index contributed by atoms with van der Waals surface area (Å²) >= 11 is 0. The summed E-state index contributed by atoms with van der Waals surface area (Å²) in [6.07, 6.45) is 4.27. The number of pyridine rings is 1. The topological polar surface area (TPSA) is 63.9 Å². The number of hydrogen-bond acceptors (Lipinski definition) is 4. The Bertz CT molecular complexity index is 926. The normalized spacial score (nSPS) is 13.6. The molecule has 0 atom stereocenters. The van der Waals surface area contributed by atoms with Gasteiger partial charge < -0.3 is 9.14 Å². The average molecular weight is 321 g/mol. The molecule has 6 nitrogen and oxygen atoms in total. The monoisotopic (exact) mass is 321 g/mol. The average Bonchev–Trinajstić information content (AvgIpc) is 3.13. The fourth-order valence-corrected chi connectivity index (χ4v) is 2.99. The van der Waals surface area contributed by atoms with Gasteiger partial charge in [0, 0.05) is 25.4 Å². The second kappa shape index (κ2) is 5.49. The Morgan fingerprint density at radius 3 is 2.42 bits per heavy atom. The molecule has 0 aliphatic carbocycles. The van der Waals surface area contributed by atoms with Crippen LogP contribution in [0.4, 0.5) is 0 Å². The van der Waals surface area contributed by atoms with Gasteiger partial charge in [-0.1, -0.05) is 12.1 Å². The van der Waals surface area contributed by atoms with Crippen LogP contribution in [-0.2, 0) is 6.42 Å². The number of aromatic nitrogens is 2. The Kier molecular flexibility index (Phi) is 3.30. The van der Waals surface area contributed by atoms with Crippen LogP contribution < -0.4 is 4.74 Å². The number of carbonyl (C=O) groups is 2. The summed E-state index contributed by atoms with van der Waals surface area (Å²) in [7, 11) is 1.60. The molecule has 0 fully saturated rings. The number of hydrogen-bond donors (Lipinski definition) is 0. The molecule has 1 aliphatic rings. The summed E-state index contributed by atoms with van der Waals surface area (Å²) in [6.45, 7) is 0.304. The van der Waals surface area contributed by atoms with E-state index in [-0.39, 0.29) is 11.8 Å². The number of amides is 2. The molecular formula is C18H15N3O3. The molecule has 0 saturated heterocycles. The van der Waals surface area contributed by atoms with Gasteiger partial charge in [0.15, 0.2) is 11.4 Å². The van der Waals surface area contributed by atoms with Gasteiger partial charge in [-0.05, 0) is 24.3 Å². The molecule has 3 heterocycles. The minimum atomic E-state index is -0.239. The largest absolute Gasteiger partial charge is 0.493 e. The van der Waals surface area contributed by atoms with Gasteiger partial charge in [0.25, 0.3) is 11.8 Å². The fraction of sp³-hybridized carbons (Fsp3) is 0.167. The van der Waals surface area contributed by atoms with E-state index in [0.29, 0.717) is 29.8 Å². The minimum absolute atomic E-state index is 0.239. The number of ether oxygens (including phenoxy) is 1. The Balaban J connectivity index is 1.56. The third-order valence-electron chi connectivity index (χ3n) is 4.19. The zero-order valence-corrected chi connectivity index (χ0v) is 13.1. The molecule has 2 amide bonds. The van der Waals surface area contributed by atoms with Crippen molar-refractivity contribution in [2.45, 2.75) is 6.42 Å². The lowest BCUT2D eigenvalue weighted by atomic mass is 10.1. The predicted octanol–water partition coefficient (Wildman–Crippen LogP) is 2.18. The van der Waals surface area contributed by atoms with Crippen molar-refractivity contribution >= 4 is 17.5 Å². The second-order valence-corrected chi connectivity index (χ2v) is 5.60.